The Labute approximate surface area is 181 Å². The highest BCUT2D eigenvalue weighted by Crippen LogP contribution is 2.27. The van der Waals surface area contributed by atoms with Crippen molar-refractivity contribution in [3.8, 4) is 17.1 Å². The summed E-state index contributed by atoms with van der Waals surface area (Å²) in [5, 5.41) is 11.1. The Morgan fingerprint density at radius 3 is 2.31 bits per heavy atom. The molecule has 2 aromatic carbocycles. The number of carbonyl (C=O) groups excluding carboxylic acids is 3. The lowest BCUT2D eigenvalue weighted by Crippen LogP contribution is -2.54. The van der Waals surface area contributed by atoms with Gasteiger partial charge in [0.1, 0.15) is 22.8 Å². The minimum Gasteiger partial charge on any atom is -0.497 e. The summed E-state index contributed by atoms with van der Waals surface area (Å²) in [6.07, 6.45) is 1.25. The molecule has 2 heterocycles. The van der Waals surface area contributed by atoms with Crippen molar-refractivity contribution in [3.05, 3.63) is 77.6 Å². The largest absolute Gasteiger partial charge is 0.497 e. The van der Waals surface area contributed by atoms with Crippen LogP contribution in [-0.2, 0) is 9.59 Å². The normalized spacial score (nSPS) is 15.1. The minimum atomic E-state index is -1.04. The van der Waals surface area contributed by atoms with Crippen LogP contribution in [0.2, 0.25) is 0 Å². The van der Waals surface area contributed by atoms with Gasteiger partial charge in [-0.25, -0.2) is 14.5 Å². The van der Waals surface area contributed by atoms with Crippen LogP contribution in [0.4, 0.5) is 10.5 Å². The number of imide groups is 2. The Kier molecular flexibility index (Phi) is 5.30. The van der Waals surface area contributed by atoms with E-state index in [0.29, 0.717) is 17.1 Å². The number of aromatic carboxylic acids is 1. The van der Waals surface area contributed by atoms with Crippen molar-refractivity contribution in [1.82, 2.24) is 5.32 Å². The molecule has 1 fully saturated rings. The highest BCUT2D eigenvalue weighted by atomic mass is 16.5. The summed E-state index contributed by atoms with van der Waals surface area (Å²) in [6.45, 7) is 0. The van der Waals surface area contributed by atoms with E-state index in [2.05, 4.69) is 5.32 Å². The number of carboxylic acid groups (broad SMARTS) is 1. The molecule has 4 amide bonds. The second-order valence-corrected chi connectivity index (χ2v) is 6.74. The number of nitrogens with one attached hydrogen (secondary N) is 1. The minimum absolute atomic E-state index is 0.135. The number of urea groups is 1. The lowest BCUT2D eigenvalue weighted by Gasteiger charge is -2.26. The Morgan fingerprint density at radius 2 is 1.69 bits per heavy atom. The predicted octanol–water partition coefficient (Wildman–Crippen LogP) is 3.32. The molecule has 160 valence electrons. The molecule has 3 aromatic rings. The van der Waals surface area contributed by atoms with Crippen molar-refractivity contribution in [2.75, 3.05) is 12.0 Å². The van der Waals surface area contributed by atoms with Gasteiger partial charge in [-0.3, -0.25) is 14.9 Å². The number of hydrogen-bond acceptors (Lipinski definition) is 6. The van der Waals surface area contributed by atoms with Gasteiger partial charge in [-0.2, -0.15) is 0 Å². The van der Waals surface area contributed by atoms with E-state index in [4.69, 9.17) is 14.3 Å². The van der Waals surface area contributed by atoms with Crippen molar-refractivity contribution >= 4 is 35.6 Å². The number of barbiturate groups is 1. The third-order valence-corrected chi connectivity index (χ3v) is 4.76. The molecule has 0 saturated carbocycles. The quantitative estimate of drug-likeness (QED) is 0.468. The van der Waals surface area contributed by atoms with Gasteiger partial charge >= 0.3 is 12.0 Å². The number of ether oxygens (including phenoxy) is 1. The van der Waals surface area contributed by atoms with Crippen LogP contribution in [0.1, 0.15) is 16.1 Å². The summed E-state index contributed by atoms with van der Waals surface area (Å²) >= 11 is 0. The van der Waals surface area contributed by atoms with Crippen LogP contribution in [0, 0.1) is 0 Å². The van der Waals surface area contributed by atoms with E-state index in [0.717, 1.165) is 4.90 Å². The summed E-state index contributed by atoms with van der Waals surface area (Å²) in [5.41, 5.74) is 0.748. The molecular weight excluding hydrogens is 416 g/mol. The first-order chi connectivity index (χ1) is 15.4. The number of methoxy groups -OCH3 is 1. The van der Waals surface area contributed by atoms with Crippen molar-refractivity contribution in [1.29, 1.82) is 0 Å². The van der Waals surface area contributed by atoms with E-state index in [1.807, 2.05) is 0 Å². The van der Waals surface area contributed by atoms with E-state index in [1.165, 1.54) is 37.5 Å². The van der Waals surface area contributed by atoms with Gasteiger partial charge in [0.15, 0.2) is 0 Å². The maximum Gasteiger partial charge on any atom is 0.335 e. The number of nitrogens with zero attached hydrogens (tertiary/aromatic N) is 1. The molecule has 32 heavy (non-hydrogen) atoms. The highest BCUT2D eigenvalue weighted by Gasteiger charge is 2.37. The topological polar surface area (TPSA) is 126 Å². The lowest BCUT2D eigenvalue weighted by atomic mass is 10.1. The van der Waals surface area contributed by atoms with Crippen LogP contribution < -0.4 is 15.0 Å². The number of rotatable bonds is 5. The zero-order chi connectivity index (χ0) is 22.8. The number of carbonyl (C=O) groups is 4. The molecule has 0 unspecified atom stereocenters. The Bertz CT molecular complexity index is 1250. The molecule has 1 aliphatic heterocycles. The summed E-state index contributed by atoms with van der Waals surface area (Å²) in [4.78, 5) is 49.4. The Balaban J connectivity index is 1.62. The van der Waals surface area contributed by atoms with Crippen LogP contribution in [0.15, 0.2) is 70.7 Å². The van der Waals surface area contributed by atoms with E-state index in [-0.39, 0.29) is 22.6 Å². The zero-order valence-electron chi connectivity index (χ0n) is 16.7. The average molecular weight is 432 g/mol. The van der Waals surface area contributed by atoms with Crippen LogP contribution in [0.5, 0.6) is 5.75 Å². The fraction of sp³-hybridized carbons (Fsp3) is 0.0435. The standard InChI is InChI=1S/C23H16N2O7/c1-31-16-8-6-15(7-9-16)25-21(27)18(20(26)24-23(25)30)12-17-10-11-19(32-17)13-2-4-14(5-3-13)22(28)29/h2-12H,1H3,(H,28,29)(H,24,26,30)/b18-12-. The fourth-order valence-corrected chi connectivity index (χ4v) is 3.13. The van der Waals surface area contributed by atoms with E-state index in [9.17, 15) is 19.2 Å². The van der Waals surface area contributed by atoms with Crippen LogP contribution in [0.3, 0.4) is 0 Å². The predicted molar refractivity (Wildman–Crippen MR) is 113 cm³/mol. The van der Waals surface area contributed by atoms with Gasteiger partial charge in [0, 0.05) is 5.56 Å². The maximum atomic E-state index is 12.9. The molecule has 0 spiro atoms. The maximum absolute atomic E-state index is 12.9. The molecule has 9 heteroatoms. The molecule has 4 rings (SSSR count). The first-order valence-corrected chi connectivity index (χ1v) is 9.36. The molecule has 0 atom stereocenters. The highest BCUT2D eigenvalue weighted by molar-refractivity contribution is 6.39. The van der Waals surface area contributed by atoms with Gasteiger partial charge < -0.3 is 14.3 Å². The van der Waals surface area contributed by atoms with Crippen molar-refractivity contribution in [3.63, 3.8) is 0 Å². The smallest absolute Gasteiger partial charge is 0.335 e. The number of amides is 4. The first-order valence-electron chi connectivity index (χ1n) is 9.36. The van der Waals surface area contributed by atoms with Crippen molar-refractivity contribution in [2.45, 2.75) is 0 Å². The molecule has 0 radical (unpaired) electrons. The van der Waals surface area contributed by atoms with Gasteiger partial charge in [-0.15, -0.1) is 0 Å². The second kappa shape index (κ2) is 8.23. The molecule has 0 bridgehead atoms. The number of carboxylic acids is 1. The lowest BCUT2D eigenvalue weighted by molar-refractivity contribution is -0.122. The van der Waals surface area contributed by atoms with E-state index < -0.39 is 23.8 Å². The summed E-state index contributed by atoms with van der Waals surface area (Å²) in [6, 6.07) is 14.6. The van der Waals surface area contributed by atoms with Gasteiger partial charge in [-0.1, -0.05) is 12.1 Å². The molecule has 0 aliphatic carbocycles. The monoisotopic (exact) mass is 432 g/mol. The summed E-state index contributed by atoms with van der Waals surface area (Å²) < 4.78 is 10.8. The summed E-state index contributed by atoms with van der Waals surface area (Å²) in [5.74, 6) is -1.50. The molecular formula is C23H16N2O7. The number of hydrogen-bond donors (Lipinski definition) is 2. The van der Waals surface area contributed by atoms with Gasteiger partial charge in [-0.05, 0) is 54.6 Å². The molecule has 1 saturated heterocycles. The van der Waals surface area contributed by atoms with Crippen molar-refractivity contribution < 1.29 is 33.4 Å². The van der Waals surface area contributed by atoms with Gasteiger partial charge in [0.25, 0.3) is 11.8 Å². The SMILES string of the molecule is COc1ccc(N2C(=O)NC(=O)/C(=C/c3ccc(-c4ccc(C(=O)O)cc4)o3)C2=O)cc1. The first kappa shape index (κ1) is 20.6. The van der Waals surface area contributed by atoms with Crippen LogP contribution in [0.25, 0.3) is 17.4 Å². The third-order valence-electron chi connectivity index (χ3n) is 4.76. The average Bonchev–Trinajstić information content (AvgIpc) is 3.26. The third kappa shape index (κ3) is 3.86. The van der Waals surface area contributed by atoms with E-state index in [1.54, 1.807) is 36.4 Å². The van der Waals surface area contributed by atoms with Crippen molar-refractivity contribution in [2.24, 2.45) is 0 Å². The molecule has 2 N–H and O–H groups in total. The second-order valence-electron chi connectivity index (χ2n) is 6.74. The Morgan fingerprint density at radius 1 is 1.00 bits per heavy atom. The number of furan rings is 1. The molecule has 9 nitrogen and oxygen atoms in total. The zero-order valence-corrected chi connectivity index (χ0v) is 16.7. The van der Waals surface area contributed by atoms with Gasteiger partial charge in [0.05, 0.1) is 18.4 Å². The van der Waals surface area contributed by atoms with Gasteiger partial charge in [0.2, 0.25) is 0 Å². The summed E-state index contributed by atoms with van der Waals surface area (Å²) in [7, 11) is 1.49. The number of benzene rings is 2. The molecule has 1 aliphatic rings. The number of anilines is 1. The van der Waals surface area contributed by atoms with Crippen LogP contribution >= 0.6 is 0 Å². The van der Waals surface area contributed by atoms with Crippen LogP contribution in [-0.4, -0.2) is 36.0 Å². The molecule has 1 aromatic heterocycles. The fourth-order valence-electron chi connectivity index (χ4n) is 3.13. The Hall–Kier alpha value is -4.66. The van der Waals surface area contributed by atoms with E-state index >= 15 is 0 Å².